The van der Waals surface area contributed by atoms with Gasteiger partial charge in [-0.2, -0.15) is 5.10 Å². The van der Waals surface area contributed by atoms with Crippen LogP contribution in [-0.2, 0) is 6.54 Å². The van der Waals surface area contributed by atoms with Crippen molar-refractivity contribution in [1.82, 2.24) is 30.3 Å². The van der Waals surface area contributed by atoms with E-state index in [0.717, 1.165) is 60.8 Å². The fourth-order valence-corrected chi connectivity index (χ4v) is 3.99. The summed E-state index contributed by atoms with van der Waals surface area (Å²) in [7, 11) is 0. The third kappa shape index (κ3) is 7.75. The van der Waals surface area contributed by atoms with E-state index in [1.807, 2.05) is 30.8 Å². The van der Waals surface area contributed by atoms with Crippen LogP contribution in [0.25, 0.3) is 5.82 Å². The van der Waals surface area contributed by atoms with Crippen molar-refractivity contribution in [3.63, 3.8) is 0 Å². The number of halogens is 1. The summed E-state index contributed by atoms with van der Waals surface area (Å²) in [5.41, 5.74) is 3.17. The fourth-order valence-electron chi connectivity index (χ4n) is 3.99. The summed E-state index contributed by atoms with van der Waals surface area (Å²) in [5, 5.41) is 11.3. The highest BCUT2D eigenvalue weighted by atomic mass is 127. The van der Waals surface area contributed by atoms with Crippen molar-refractivity contribution in [1.29, 1.82) is 0 Å². The lowest BCUT2D eigenvalue weighted by atomic mass is 10.0. The molecule has 0 bridgehead atoms. The summed E-state index contributed by atoms with van der Waals surface area (Å²) in [6.07, 6.45) is 7.08. The first-order valence-electron chi connectivity index (χ1n) is 11.3. The van der Waals surface area contributed by atoms with Gasteiger partial charge in [-0.15, -0.1) is 24.0 Å². The number of nitrogens with one attached hydrogen (secondary N) is 2. The molecular weight excluding hydrogens is 501 g/mol. The lowest BCUT2D eigenvalue weighted by Crippen LogP contribution is -2.41. The van der Waals surface area contributed by atoms with Crippen LogP contribution < -0.4 is 10.6 Å². The third-order valence-electron chi connectivity index (χ3n) is 5.65. The summed E-state index contributed by atoms with van der Waals surface area (Å²) < 4.78 is 1.87. The number of aryl methyl sites for hydroxylation is 2. The Balaban J connectivity index is 0.00000341. The molecule has 0 saturated carbocycles. The van der Waals surface area contributed by atoms with Crippen LogP contribution in [0.5, 0.6) is 0 Å². The number of hydrogen-bond donors (Lipinski definition) is 2. The molecule has 0 spiro atoms. The van der Waals surface area contributed by atoms with Gasteiger partial charge in [0.1, 0.15) is 0 Å². The van der Waals surface area contributed by atoms with Gasteiger partial charge in [-0.05, 0) is 71.2 Å². The molecule has 3 heterocycles. The van der Waals surface area contributed by atoms with Gasteiger partial charge in [-0.3, -0.25) is 0 Å². The van der Waals surface area contributed by atoms with Crippen LogP contribution in [0.3, 0.4) is 0 Å². The Kier molecular flexibility index (Phi) is 10.7. The summed E-state index contributed by atoms with van der Waals surface area (Å²) >= 11 is 0. The van der Waals surface area contributed by atoms with Crippen LogP contribution in [0.4, 0.5) is 0 Å². The maximum absolute atomic E-state index is 4.73. The molecule has 1 saturated heterocycles. The Morgan fingerprint density at radius 3 is 2.71 bits per heavy atom. The maximum Gasteiger partial charge on any atom is 0.191 e. The minimum Gasteiger partial charge on any atom is -0.357 e. The molecule has 8 heteroatoms. The molecule has 2 aromatic rings. The van der Waals surface area contributed by atoms with Gasteiger partial charge in [0, 0.05) is 37.6 Å². The van der Waals surface area contributed by atoms with Crippen molar-refractivity contribution >= 4 is 29.9 Å². The molecule has 1 unspecified atom stereocenters. The highest BCUT2D eigenvalue weighted by molar-refractivity contribution is 14.0. The Labute approximate surface area is 204 Å². The van der Waals surface area contributed by atoms with E-state index in [1.165, 1.54) is 25.8 Å². The molecule has 0 aliphatic carbocycles. The zero-order chi connectivity index (χ0) is 21.3. The molecule has 1 aliphatic heterocycles. The average molecular weight is 540 g/mol. The molecule has 3 rings (SSSR count). The number of hydrogen-bond acceptors (Lipinski definition) is 4. The zero-order valence-corrected chi connectivity index (χ0v) is 21.7. The van der Waals surface area contributed by atoms with Crippen LogP contribution >= 0.6 is 24.0 Å². The molecule has 1 fully saturated rings. The first-order chi connectivity index (χ1) is 14.6. The van der Waals surface area contributed by atoms with Gasteiger partial charge >= 0.3 is 0 Å². The van der Waals surface area contributed by atoms with E-state index in [9.17, 15) is 0 Å². The molecule has 0 amide bonds. The van der Waals surface area contributed by atoms with Gasteiger partial charge in [0.15, 0.2) is 11.8 Å². The first kappa shape index (κ1) is 25.6. The minimum atomic E-state index is 0. The van der Waals surface area contributed by atoms with Crippen molar-refractivity contribution < 1.29 is 0 Å². The molecule has 2 N–H and O–H groups in total. The fraction of sp³-hybridized carbons (Fsp3) is 0.609. The van der Waals surface area contributed by atoms with E-state index in [1.54, 1.807) is 0 Å². The second kappa shape index (κ2) is 13.0. The van der Waals surface area contributed by atoms with Crippen LogP contribution in [0.1, 0.15) is 56.5 Å². The van der Waals surface area contributed by atoms with E-state index in [2.05, 4.69) is 51.6 Å². The number of pyridine rings is 1. The number of piperidine rings is 1. The Bertz CT molecular complexity index is 816. The Morgan fingerprint density at radius 1 is 1.23 bits per heavy atom. The number of rotatable bonds is 8. The van der Waals surface area contributed by atoms with Crippen molar-refractivity contribution in [2.45, 2.75) is 66.0 Å². The van der Waals surface area contributed by atoms with E-state index < -0.39 is 0 Å². The Morgan fingerprint density at radius 2 is 2.06 bits per heavy atom. The van der Waals surface area contributed by atoms with Crippen LogP contribution in [-0.4, -0.2) is 57.8 Å². The lowest BCUT2D eigenvalue weighted by molar-refractivity contribution is 0.159. The standard InChI is InChI=1S/C23H37N7.HI/c1-5-24-23(25-12-8-14-29-13-7-6-9-19(29)3)27-17-21-10-11-22(26-16-21)30-20(4)15-18(2)28-30;/h10-11,15-16,19H,5-9,12-14,17H2,1-4H3,(H2,24,25,27);1H. The van der Waals surface area contributed by atoms with Crippen LogP contribution in [0, 0.1) is 13.8 Å². The normalized spacial score (nSPS) is 17.3. The van der Waals surface area contributed by atoms with Gasteiger partial charge in [0.2, 0.25) is 0 Å². The van der Waals surface area contributed by atoms with Gasteiger partial charge < -0.3 is 15.5 Å². The van der Waals surface area contributed by atoms with E-state index in [4.69, 9.17) is 4.99 Å². The summed E-state index contributed by atoms with van der Waals surface area (Å²) in [4.78, 5) is 11.9. The minimum absolute atomic E-state index is 0. The van der Waals surface area contributed by atoms with Gasteiger partial charge in [-0.1, -0.05) is 12.5 Å². The molecule has 1 aliphatic rings. The first-order valence-corrected chi connectivity index (χ1v) is 11.3. The number of nitrogens with zero attached hydrogens (tertiary/aromatic N) is 5. The molecule has 0 radical (unpaired) electrons. The number of aliphatic imine (C=N–C) groups is 1. The van der Waals surface area contributed by atoms with Crippen molar-refractivity contribution in [2.24, 2.45) is 4.99 Å². The topological polar surface area (TPSA) is 70.4 Å². The molecule has 1 atom stereocenters. The highest BCUT2D eigenvalue weighted by Gasteiger charge is 2.17. The quantitative estimate of drug-likeness (QED) is 0.231. The van der Waals surface area contributed by atoms with E-state index in [-0.39, 0.29) is 24.0 Å². The SMILES string of the molecule is CCNC(=NCc1ccc(-n2nc(C)cc2C)nc1)NCCCN1CCCCC1C.I. The smallest absolute Gasteiger partial charge is 0.191 e. The van der Waals surface area contributed by atoms with E-state index in [0.29, 0.717) is 6.54 Å². The Hall–Kier alpha value is -1.68. The lowest BCUT2D eigenvalue weighted by Gasteiger charge is -2.33. The second-order valence-electron chi connectivity index (χ2n) is 8.22. The monoisotopic (exact) mass is 539 g/mol. The summed E-state index contributed by atoms with van der Waals surface area (Å²) in [6, 6.07) is 6.86. The maximum atomic E-state index is 4.73. The predicted octanol–water partition coefficient (Wildman–Crippen LogP) is 3.82. The average Bonchev–Trinajstić information content (AvgIpc) is 3.08. The zero-order valence-electron chi connectivity index (χ0n) is 19.4. The third-order valence-corrected chi connectivity index (χ3v) is 5.65. The van der Waals surface area contributed by atoms with Crippen molar-refractivity contribution in [2.75, 3.05) is 26.2 Å². The van der Waals surface area contributed by atoms with Gasteiger partial charge in [0.05, 0.1) is 12.2 Å². The van der Waals surface area contributed by atoms with Crippen molar-refractivity contribution in [3.8, 4) is 5.82 Å². The van der Waals surface area contributed by atoms with Crippen molar-refractivity contribution in [3.05, 3.63) is 41.3 Å². The van der Waals surface area contributed by atoms with E-state index >= 15 is 0 Å². The molecule has 2 aromatic heterocycles. The highest BCUT2D eigenvalue weighted by Crippen LogP contribution is 2.16. The van der Waals surface area contributed by atoms with Crippen LogP contribution in [0.2, 0.25) is 0 Å². The van der Waals surface area contributed by atoms with Gasteiger partial charge in [0.25, 0.3) is 0 Å². The molecule has 31 heavy (non-hydrogen) atoms. The molecule has 7 nitrogen and oxygen atoms in total. The molecule has 0 aromatic carbocycles. The van der Waals surface area contributed by atoms with Crippen LogP contribution in [0.15, 0.2) is 29.4 Å². The van der Waals surface area contributed by atoms with Gasteiger partial charge in [-0.25, -0.2) is 14.7 Å². The molecular formula is C23H38IN7. The summed E-state index contributed by atoms with van der Waals surface area (Å²) in [6.45, 7) is 13.3. The number of guanidine groups is 1. The number of aromatic nitrogens is 3. The largest absolute Gasteiger partial charge is 0.357 e. The summed E-state index contributed by atoms with van der Waals surface area (Å²) in [5.74, 6) is 1.71. The predicted molar refractivity (Wildman–Crippen MR) is 139 cm³/mol. The molecule has 172 valence electrons. The second-order valence-corrected chi connectivity index (χ2v) is 8.22. The number of likely N-dealkylation sites (tertiary alicyclic amines) is 1.